The zero-order chi connectivity index (χ0) is 44.2. The molecule has 1 fully saturated rings. The molecule has 2 aliphatic heterocycles. The number of nitrogens with two attached hydrogens (primary N) is 2. The Kier molecular flexibility index (Phi) is 12.5. The van der Waals surface area contributed by atoms with Crippen molar-refractivity contribution >= 4 is 91.6 Å². The number of thiazole rings is 1. The number of β-lactam (4-membered cyclic amide) rings is 1. The number of carbonyl (C=O) groups is 3. The minimum Gasteiger partial charge on any atom is -0.448 e. The van der Waals surface area contributed by atoms with E-state index in [9.17, 15) is 14.4 Å². The molecule has 0 aliphatic carbocycles. The van der Waals surface area contributed by atoms with Gasteiger partial charge in [-0.05, 0) is 11.1 Å². The van der Waals surface area contributed by atoms with Crippen molar-refractivity contribution < 1.29 is 24.0 Å². The lowest BCUT2D eigenvalue weighted by Gasteiger charge is -2.49. The standard InChI is InChI=1S/C46H35ClN8O5S4/c47-38-33(51-43(48)63-38)34(54-60-46(29-20-10-3-11-21-29,30-22-12-4-13-23-30)31-24-14-5-15-25-31)39(56)50-35-40(57)55-36(32(26-61-41(35)55)62-45-53-52-44(49)64-45)42(58)59-37(27-16-6-1-7-17-27)28-18-8-2-9-19-28/h1-25,35,37,41H,26H2,(H2,48,51)(H2,49,52)(H,50,56)/b54-34-/t35-,41?/m1/s1. The fourth-order valence-corrected chi connectivity index (χ4v) is 11.6. The first-order valence-electron chi connectivity index (χ1n) is 19.6. The number of nitrogens with zero attached hydrogens (tertiary/aromatic N) is 5. The molecular formula is C46H35ClN8O5S4. The number of nitrogen functional groups attached to an aromatic ring is 2. The van der Waals surface area contributed by atoms with Crippen LogP contribution in [0.2, 0.25) is 4.34 Å². The van der Waals surface area contributed by atoms with Gasteiger partial charge in [0.15, 0.2) is 21.3 Å². The van der Waals surface area contributed by atoms with Crippen molar-refractivity contribution in [1.82, 2.24) is 25.4 Å². The van der Waals surface area contributed by atoms with Crippen LogP contribution in [0.1, 0.15) is 39.6 Å². The van der Waals surface area contributed by atoms with Crippen molar-refractivity contribution in [2.45, 2.75) is 27.5 Å². The Morgan fingerprint density at radius 2 is 1.31 bits per heavy atom. The van der Waals surface area contributed by atoms with Gasteiger partial charge in [0.2, 0.25) is 10.7 Å². The van der Waals surface area contributed by atoms with Crippen LogP contribution < -0.4 is 16.8 Å². The Balaban J connectivity index is 1.06. The summed E-state index contributed by atoms with van der Waals surface area (Å²) in [6.07, 6.45) is -0.797. The molecule has 64 heavy (non-hydrogen) atoms. The van der Waals surface area contributed by atoms with Crippen LogP contribution in [-0.2, 0) is 29.6 Å². The number of anilines is 2. The van der Waals surface area contributed by atoms with Gasteiger partial charge in [-0.2, -0.15) is 0 Å². The molecule has 2 aliphatic rings. The van der Waals surface area contributed by atoms with Crippen LogP contribution in [0.15, 0.2) is 172 Å². The lowest BCUT2D eigenvalue weighted by molar-refractivity contribution is -0.154. The van der Waals surface area contributed by atoms with Crippen molar-refractivity contribution in [3.05, 3.63) is 200 Å². The Labute approximate surface area is 388 Å². The number of hydrogen-bond acceptors (Lipinski definition) is 15. The van der Waals surface area contributed by atoms with Gasteiger partial charge in [-0.15, -0.1) is 22.0 Å². The van der Waals surface area contributed by atoms with E-state index in [-0.39, 0.29) is 37.5 Å². The van der Waals surface area contributed by atoms with Crippen molar-refractivity contribution in [2.24, 2.45) is 5.16 Å². The first kappa shape index (κ1) is 42.8. The number of nitrogens with one attached hydrogen (secondary N) is 1. The van der Waals surface area contributed by atoms with E-state index in [1.54, 1.807) is 0 Å². The lowest BCUT2D eigenvalue weighted by atomic mass is 9.80. The van der Waals surface area contributed by atoms with Crippen molar-refractivity contribution in [3.63, 3.8) is 0 Å². The molecule has 2 atom stereocenters. The number of halogens is 1. The molecule has 0 bridgehead atoms. The van der Waals surface area contributed by atoms with E-state index in [0.29, 0.717) is 9.24 Å². The zero-order valence-electron chi connectivity index (χ0n) is 33.3. The summed E-state index contributed by atoms with van der Waals surface area (Å²) in [5, 5.41) is 15.1. The monoisotopic (exact) mass is 942 g/mol. The molecule has 320 valence electrons. The number of amides is 2. The van der Waals surface area contributed by atoms with Crippen LogP contribution in [-0.4, -0.2) is 60.7 Å². The zero-order valence-corrected chi connectivity index (χ0v) is 37.3. The average molecular weight is 944 g/mol. The van der Waals surface area contributed by atoms with E-state index in [0.717, 1.165) is 50.5 Å². The summed E-state index contributed by atoms with van der Waals surface area (Å²) in [5.74, 6) is -1.83. The normalized spacial score (nSPS) is 16.2. The van der Waals surface area contributed by atoms with Crippen molar-refractivity contribution in [3.8, 4) is 0 Å². The molecule has 18 heteroatoms. The maximum absolute atomic E-state index is 14.7. The highest BCUT2D eigenvalue weighted by Gasteiger charge is 2.55. The van der Waals surface area contributed by atoms with Crippen molar-refractivity contribution in [2.75, 3.05) is 17.2 Å². The van der Waals surface area contributed by atoms with Gasteiger partial charge < -0.3 is 26.4 Å². The second-order valence-corrected chi connectivity index (χ2v) is 19.3. The molecule has 7 aromatic rings. The highest BCUT2D eigenvalue weighted by atomic mass is 35.5. The number of carbonyl (C=O) groups excluding carboxylic acids is 3. The predicted octanol–water partition coefficient (Wildman–Crippen LogP) is 8.26. The molecule has 5 aromatic carbocycles. The maximum atomic E-state index is 14.7. The number of thioether (sulfide) groups is 2. The minimum absolute atomic E-state index is 0.0285. The number of ether oxygens (including phenoxy) is 1. The first-order chi connectivity index (χ1) is 31.2. The van der Waals surface area contributed by atoms with Crippen LogP contribution in [0.3, 0.4) is 0 Å². The number of fused-ring (bicyclic) bond motifs is 1. The molecule has 1 unspecified atom stereocenters. The van der Waals surface area contributed by atoms with Gasteiger partial charge >= 0.3 is 5.97 Å². The third kappa shape index (κ3) is 8.47. The van der Waals surface area contributed by atoms with Gasteiger partial charge in [0.1, 0.15) is 27.1 Å². The second kappa shape index (κ2) is 18.7. The van der Waals surface area contributed by atoms with Crippen molar-refractivity contribution in [1.29, 1.82) is 0 Å². The molecular weight excluding hydrogens is 908 g/mol. The molecule has 4 heterocycles. The third-order valence-corrected chi connectivity index (χ3v) is 14.8. The van der Waals surface area contributed by atoms with E-state index in [1.165, 1.54) is 28.4 Å². The lowest BCUT2D eigenvalue weighted by Crippen LogP contribution is -2.71. The molecule has 2 amide bonds. The van der Waals surface area contributed by atoms with E-state index in [4.69, 9.17) is 32.6 Å². The van der Waals surface area contributed by atoms with E-state index >= 15 is 0 Å². The van der Waals surface area contributed by atoms with Crippen LogP contribution in [0.4, 0.5) is 10.3 Å². The van der Waals surface area contributed by atoms with Gasteiger partial charge in [-0.25, -0.2) is 9.78 Å². The summed E-state index contributed by atoms with van der Waals surface area (Å²) >= 11 is 11.3. The maximum Gasteiger partial charge on any atom is 0.356 e. The van der Waals surface area contributed by atoms with Gasteiger partial charge in [0.05, 0.1) is 0 Å². The highest BCUT2D eigenvalue weighted by molar-refractivity contribution is 8.07. The van der Waals surface area contributed by atoms with Crippen LogP contribution >= 0.6 is 57.8 Å². The van der Waals surface area contributed by atoms with Gasteiger partial charge in [0, 0.05) is 27.3 Å². The summed E-state index contributed by atoms with van der Waals surface area (Å²) in [5.41, 5.74) is 14.0. The van der Waals surface area contributed by atoms with E-state index in [2.05, 4.69) is 25.7 Å². The molecule has 0 spiro atoms. The number of esters is 1. The SMILES string of the molecule is Nc1nnc(SC2=C(C(=O)OC(c3ccccc3)c3ccccc3)N3C(=O)[C@@H](NC(=O)/C(=N\OC(c4ccccc4)(c4ccccc4)c4ccccc4)c4nc(N)sc4Cl)C3SC2)s1. The molecule has 1 saturated heterocycles. The topological polar surface area (TPSA) is 188 Å². The van der Waals surface area contributed by atoms with Gasteiger partial charge in [-0.1, -0.05) is 203 Å². The number of aromatic nitrogens is 3. The Morgan fingerprint density at radius 3 is 1.80 bits per heavy atom. The molecule has 5 N–H and O–H groups in total. The van der Waals surface area contributed by atoms with E-state index in [1.807, 2.05) is 152 Å². The largest absolute Gasteiger partial charge is 0.448 e. The number of hydrogen-bond donors (Lipinski definition) is 3. The molecule has 2 aromatic heterocycles. The van der Waals surface area contributed by atoms with Gasteiger partial charge in [-0.3, -0.25) is 14.5 Å². The summed E-state index contributed by atoms with van der Waals surface area (Å²) in [6.45, 7) is 0. The summed E-state index contributed by atoms with van der Waals surface area (Å²) in [7, 11) is 0. The Bertz CT molecular complexity index is 2730. The number of rotatable bonds is 14. The first-order valence-corrected chi connectivity index (χ1v) is 23.5. The summed E-state index contributed by atoms with van der Waals surface area (Å²) in [4.78, 5) is 56.6. The minimum atomic E-state index is -1.37. The molecule has 13 nitrogen and oxygen atoms in total. The molecule has 0 saturated carbocycles. The number of oxime groups is 1. The Morgan fingerprint density at radius 1 is 0.781 bits per heavy atom. The van der Waals surface area contributed by atoms with Crippen LogP contribution in [0.5, 0.6) is 0 Å². The smallest absolute Gasteiger partial charge is 0.356 e. The average Bonchev–Trinajstić information content (AvgIpc) is 3.91. The highest BCUT2D eigenvalue weighted by Crippen LogP contribution is 2.47. The van der Waals surface area contributed by atoms with Gasteiger partial charge in [0.25, 0.3) is 11.8 Å². The fourth-order valence-electron chi connectivity index (χ4n) is 7.43. The van der Waals surface area contributed by atoms with E-state index < -0.39 is 40.9 Å². The van der Waals surface area contributed by atoms with Crippen LogP contribution in [0.25, 0.3) is 0 Å². The Hall–Kier alpha value is -6.50. The third-order valence-electron chi connectivity index (χ3n) is 10.3. The summed E-state index contributed by atoms with van der Waals surface area (Å²) in [6, 6.07) is 46.0. The predicted molar refractivity (Wildman–Crippen MR) is 251 cm³/mol. The fraction of sp³-hybridized carbons (Fsp3) is 0.109. The second-order valence-electron chi connectivity index (χ2n) is 14.2. The molecule has 0 radical (unpaired) electrons. The molecule has 9 rings (SSSR count). The summed E-state index contributed by atoms with van der Waals surface area (Å²) < 4.78 is 6.88. The number of benzene rings is 5. The quantitative estimate of drug-likeness (QED) is 0.0312. The van der Waals surface area contributed by atoms with Crippen LogP contribution in [0, 0.1) is 0 Å².